The molecule has 0 aromatic heterocycles. The lowest BCUT2D eigenvalue weighted by Gasteiger charge is -2.23. The first-order chi connectivity index (χ1) is 10.1. The Morgan fingerprint density at radius 2 is 1.71 bits per heavy atom. The lowest BCUT2D eigenvalue weighted by molar-refractivity contribution is 0.0915. The minimum absolute atomic E-state index is 0.172. The van der Waals surface area contributed by atoms with Gasteiger partial charge in [-0.25, -0.2) is 0 Å². The van der Waals surface area contributed by atoms with E-state index in [4.69, 9.17) is 9.47 Å². The van der Waals surface area contributed by atoms with Crippen LogP contribution in [-0.4, -0.2) is 20.0 Å². The quantitative estimate of drug-likeness (QED) is 0.865. The number of rotatable bonds is 3. The number of benzene rings is 2. The Kier molecular flexibility index (Phi) is 3.20. The van der Waals surface area contributed by atoms with Crippen LogP contribution < -0.4 is 9.47 Å². The van der Waals surface area contributed by atoms with E-state index in [-0.39, 0.29) is 5.78 Å². The lowest BCUT2D eigenvalue weighted by atomic mass is 9.79. The molecule has 0 aliphatic heterocycles. The van der Waals surface area contributed by atoms with Gasteiger partial charge in [-0.2, -0.15) is 0 Å². The van der Waals surface area contributed by atoms with Crippen LogP contribution in [0.4, 0.5) is 0 Å². The summed E-state index contributed by atoms with van der Waals surface area (Å²) in [5, 5.41) is 0. The van der Waals surface area contributed by atoms with E-state index in [9.17, 15) is 4.79 Å². The third-order valence-electron chi connectivity index (χ3n) is 4.33. The van der Waals surface area contributed by atoms with Gasteiger partial charge in [-0.1, -0.05) is 30.3 Å². The van der Waals surface area contributed by atoms with Crippen LogP contribution in [-0.2, 0) is 11.8 Å². The van der Waals surface area contributed by atoms with E-state index in [2.05, 4.69) is 0 Å². The van der Waals surface area contributed by atoms with Crippen molar-refractivity contribution >= 4 is 5.78 Å². The van der Waals surface area contributed by atoms with Crippen LogP contribution in [0.1, 0.15) is 28.4 Å². The molecule has 0 unspecified atom stereocenters. The van der Waals surface area contributed by atoms with Crippen molar-refractivity contribution < 1.29 is 14.3 Å². The fourth-order valence-electron chi connectivity index (χ4n) is 3.07. The SMILES string of the molecule is COc1ccc([C@@]2(C)Cc3ccccc3C2=O)cc1OC. The fourth-order valence-corrected chi connectivity index (χ4v) is 3.07. The van der Waals surface area contributed by atoms with Crippen molar-refractivity contribution in [1.82, 2.24) is 0 Å². The summed E-state index contributed by atoms with van der Waals surface area (Å²) in [5.74, 6) is 1.50. The number of hydrogen-bond donors (Lipinski definition) is 0. The monoisotopic (exact) mass is 282 g/mol. The molecule has 0 amide bonds. The largest absolute Gasteiger partial charge is 0.493 e. The standard InChI is InChI=1S/C18H18O3/c1-18(11-12-6-4-5-7-14(12)17(18)19)13-8-9-15(20-2)16(10-13)21-3/h4-10H,11H2,1-3H3/t18-/m1/s1. The number of carbonyl (C=O) groups excluding carboxylic acids is 1. The highest BCUT2D eigenvalue weighted by atomic mass is 16.5. The van der Waals surface area contributed by atoms with E-state index in [1.807, 2.05) is 49.4 Å². The molecule has 108 valence electrons. The maximum atomic E-state index is 12.8. The molecule has 2 aromatic rings. The fraction of sp³-hybridized carbons (Fsp3) is 0.278. The number of hydrogen-bond acceptors (Lipinski definition) is 3. The molecule has 0 fully saturated rings. The van der Waals surface area contributed by atoms with Gasteiger partial charge in [0.15, 0.2) is 17.3 Å². The Morgan fingerprint density at radius 3 is 2.38 bits per heavy atom. The highest BCUT2D eigenvalue weighted by Crippen LogP contribution is 2.41. The zero-order chi connectivity index (χ0) is 15.0. The van der Waals surface area contributed by atoms with Crippen molar-refractivity contribution in [3.8, 4) is 11.5 Å². The van der Waals surface area contributed by atoms with Gasteiger partial charge < -0.3 is 9.47 Å². The summed E-state index contributed by atoms with van der Waals surface area (Å²) in [5.41, 5.74) is 2.36. The molecule has 1 aliphatic rings. The summed E-state index contributed by atoms with van der Waals surface area (Å²) in [6.45, 7) is 2.00. The third-order valence-corrected chi connectivity index (χ3v) is 4.33. The van der Waals surface area contributed by atoms with Crippen molar-refractivity contribution in [3.63, 3.8) is 0 Å². The Hall–Kier alpha value is -2.29. The maximum absolute atomic E-state index is 12.8. The maximum Gasteiger partial charge on any atom is 0.173 e. The minimum atomic E-state index is -0.538. The first-order valence-electron chi connectivity index (χ1n) is 6.95. The Balaban J connectivity index is 2.07. The second-order valence-electron chi connectivity index (χ2n) is 5.56. The normalized spacial score (nSPS) is 20.2. The molecule has 1 aliphatic carbocycles. The van der Waals surface area contributed by atoms with Crippen molar-refractivity contribution in [1.29, 1.82) is 0 Å². The summed E-state index contributed by atoms with van der Waals surface area (Å²) in [7, 11) is 3.21. The predicted octanol–water partition coefficient (Wildman–Crippen LogP) is 3.40. The number of methoxy groups -OCH3 is 2. The van der Waals surface area contributed by atoms with Gasteiger partial charge in [-0.05, 0) is 36.6 Å². The van der Waals surface area contributed by atoms with Gasteiger partial charge in [-0.15, -0.1) is 0 Å². The van der Waals surface area contributed by atoms with Crippen LogP contribution in [0.3, 0.4) is 0 Å². The van der Waals surface area contributed by atoms with E-state index < -0.39 is 5.41 Å². The molecule has 21 heavy (non-hydrogen) atoms. The third kappa shape index (κ3) is 2.00. The predicted molar refractivity (Wildman–Crippen MR) is 81.4 cm³/mol. The van der Waals surface area contributed by atoms with Gasteiger partial charge in [0.05, 0.1) is 19.6 Å². The molecule has 0 N–H and O–H groups in total. The molecule has 0 saturated heterocycles. The molecule has 3 heteroatoms. The Labute approximate surface area is 124 Å². The summed E-state index contributed by atoms with van der Waals surface area (Å²) >= 11 is 0. The average molecular weight is 282 g/mol. The molecule has 0 radical (unpaired) electrons. The zero-order valence-corrected chi connectivity index (χ0v) is 12.5. The Morgan fingerprint density at radius 1 is 1.00 bits per heavy atom. The molecule has 1 atom stereocenters. The van der Waals surface area contributed by atoms with Crippen LogP contribution in [0.2, 0.25) is 0 Å². The van der Waals surface area contributed by atoms with Crippen molar-refractivity contribution in [2.24, 2.45) is 0 Å². The van der Waals surface area contributed by atoms with E-state index in [0.29, 0.717) is 11.5 Å². The summed E-state index contributed by atoms with van der Waals surface area (Å²) in [4.78, 5) is 12.8. The van der Waals surface area contributed by atoms with Crippen molar-refractivity contribution in [2.75, 3.05) is 14.2 Å². The number of carbonyl (C=O) groups is 1. The van der Waals surface area contributed by atoms with Crippen LogP contribution in [0.15, 0.2) is 42.5 Å². The second-order valence-corrected chi connectivity index (χ2v) is 5.56. The van der Waals surface area contributed by atoms with E-state index in [1.165, 1.54) is 0 Å². The molecular formula is C18H18O3. The number of Topliss-reactive ketones (excluding diaryl/α,β-unsaturated/α-hetero) is 1. The lowest BCUT2D eigenvalue weighted by Crippen LogP contribution is -2.29. The summed E-state index contributed by atoms with van der Waals surface area (Å²) in [6.07, 6.45) is 0.720. The van der Waals surface area contributed by atoms with Gasteiger partial charge in [-0.3, -0.25) is 4.79 Å². The second kappa shape index (κ2) is 4.92. The van der Waals surface area contributed by atoms with Crippen molar-refractivity contribution in [3.05, 3.63) is 59.2 Å². The van der Waals surface area contributed by atoms with E-state index >= 15 is 0 Å². The van der Waals surface area contributed by atoms with Gasteiger partial charge in [0.25, 0.3) is 0 Å². The number of fused-ring (bicyclic) bond motifs is 1. The molecule has 0 bridgehead atoms. The van der Waals surface area contributed by atoms with Gasteiger partial charge in [0.2, 0.25) is 0 Å². The summed E-state index contributed by atoms with van der Waals surface area (Å²) < 4.78 is 10.6. The number of ketones is 1. The highest BCUT2D eigenvalue weighted by Gasteiger charge is 2.42. The molecule has 0 heterocycles. The van der Waals surface area contributed by atoms with Crippen LogP contribution in [0.25, 0.3) is 0 Å². The van der Waals surface area contributed by atoms with Gasteiger partial charge in [0.1, 0.15) is 0 Å². The van der Waals surface area contributed by atoms with E-state index in [0.717, 1.165) is 23.1 Å². The van der Waals surface area contributed by atoms with Gasteiger partial charge >= 0.3 is 0 Å². The molecular weight excluding hydrogens is 264 g/mol. The minimum Gasteiger partial charge on any atom is -0.493 e. The van der Waals surface area contributed by atoms with Crippen LogP contribution in [0, 0.1) is 0 Å². The molecule has 0 spiro atoms. The van der Waals surface area contributed by atoms with E-state index in [1.54, 1.807) is 14.2 Å². The molecule has 3 nitrogen and oxygen atoms in total. The molecule has 3 rings (SSSR count). The first-order valence-corrected chi connectivity index (χ1v) is 6.95. The zero-order valence-electron chi connectivity index (χ0n) is 12.5. The van der Waals surface area contributed by atoms with Crippen LogP contribution in [0.5, 0.6) is 11.5 Å². The smallest absolute Gasteiger partial charge is 0.173 e. The number of ether oxygens (including phenoxy) is 2. The van der Waals surface area contributed by atoms with Gasteiger partial charge in [0, 0.05) is 5.56 Å². The molecule has 0 saturated carbocycles. The Bertz CT molecular complexity index is 705. The highest BCUT2D eigenvalue weighted by molar-refractivity contribution is 6.08. The average Bonchev–Trinajstić information content (AvgIpc) is 2.79. The molecule has 2 aromatic carbocycles. The van der Waals surface area contributed by atoms with Crippen LogP contribution >= 0.6 is 0 Å². The summed E-state index contributed by atoms with van der Waals surface area (Å²) in [6, 6.07) is 13.5. The van der Waals surface area contributed by atoms with Crippen molar-refractivity contribution in [2.45, 2.75) is 18.8 Å². The topological polar surface area (TPSA) is 35.5 Å². The first kappa shape index (κ1) is 13.7.